The maximum atomic E-state index is 12.8. The van der Waals surface area contributed by atoms with Crippen LogP contribution >= 0.6 is 23.1 Å². The van der Waals surface area contributed by atoms with Crippen molar-refractivity contribution in [2.45, 2.75) is 51.2 Å². The van der Waals surface area contributed by atoms with Gasteiger partial charge in [0.25, 0.3) is 5.56 Å². The lowest BCUT2D eigenvalue weighted by Crippen LogP contribution is -2.31. The van der Waals surface area contributed by atoms with E-state index in [0.29, 0.717) is 17.1 Å². The van der Waals surface area contributed by atoms with Crippen LogP contribution in [-0.4, -0.2) is 28.4 Å². The van der Waals surface area contributed by atoms with E-state index < -0.39 is 6.04 Å². The van der Waals surface area contributed by atoms with Crippen LogP contribution in [0.3, 0.4) is 0 Å². The molecule has 2 aromatic rings. The van der Waals surface area contributed by atoms with Crippen LogP contribution in [0.4, 0.5) is 0 Å². The number of rotatable bonds is 7. The minimum atomic E-state index is -0.677. The van der Waals surface area contributed by atoms with E-state index in [1.54, 1.807) is 6.92 Å². The summed E-state index contributed by atoms with van der Waals surface area (Å²) in [6.07, 6.45) is 4.50. The molecule has 0 N–H and O–H groups in total. The summed E-state index contributed by atoms with van der Waals surface area (Å²) < 4.78 is 6.71. The van der Waals surface area contributed by atoms with Crippen molar-refractivity contribution in [2.75, 3.05) is 12.9 Å². The first-order valence-electron chi connectivity index (χ1n) is 7.79. The molecule has 7 heteroatoms. The number of ether oxygens (including phenoxy) is 1. The van der Waals surface area contributed by atoms with Gasteiger partial charge in [-0.05, 0) is 32.1 Å². The third-order valence-corrected chi connectivity index (χ3v) is 5.44. The Hall–Kier alpha value is -1.34. The molecule has 0 aliphatic carbocycles. The molecule has 1 atom stereocenters. The first-order valence-corrected chi connectivity index (χ1v) is 9.83. The van der Waals surface area contributed by atoms with Gasteiger partial charge in [0.2, 0.25) is 0 Å². The fourth-order valence-corrected chi connectivity index (χ4v) is 3.86. The van der Waals surface area contributed by atoms with Crippen LogP contribution in [0.5, 0.6) is 0 Å². The molecule has 0 aliphatic rings. The Labute approximate surface area is 144 Å². The second kappa shape index (κ2) is 7.97. The summed E-state index contributed by atoms with van der Waals surface area (Å²) in [5, 5.41) is 1.13. The molecule has 126 valence electrons. The molecule has 2 heterocycles. The molecule has 2 rings (SSSR count). The van der Waals surface area contributed by atoms with E-state index in [1.807, 2.05) is 26.2 Å². The highest BCUT2D eigenvalue weighted by Crippen LogP contribution is 2.26. The fourth-order valence-electron chi connectivity index (χ4n) is 2.23. The number of hydrogen-bond donors (Lipinski definition) is 0. The molecule has 0 saturated carbocycles. The molecular weight excluding hydrogens is 332 g/mol. The highest BCUT2D eigenvalue weighted by Gasteiger charge is 2.23. The Kier molecular flexibility index (Phi) is 6.24. The zero-order valence-corrected chi connectivity index (χ0v) is 15.6. The fraction of sp³-hybridized carbons (Fsp3) is 0.562. The summed E-state index contributed by atoms with van der Waals surface area (Å²) in [4.78, 5) is 31.5. The zero-order chi connectivity index (χ0) is 17.0. The maximum Gasteiger partial charge on any atom is 0.329 e. The van der Waals surface area contributed by atoms with Crippen molar-refractivity contribution >= 4 is 39.3 Å². The third-order valence-electron chi connectivity index (χ3n) is 3.62. The van der Waals surface area contributed by atoms with Crippen molar-refractivity contribution in [1.82, 2.24) is 9.55 Å². The van der Waals surface area contributed by atoms with Crippen molar-refractivity contribution in [3.05, 3.63) is 21.3 Å². The largest absolute Gasteiger partial charge is 0.464 e. The average Bonchev–Trinajstić information content (AvgIpc) is 2.97. The van der Waals surface area contributed by atoms with Gasteiger partial charge in [-0.15, -0.1) is 11.3 Å². The smallest absolute Gasteiger partial charge is 0.329 e. The van der Waals surface area contributed by atoms with Crippen molar-refractivity contribution in [2.24, 2.45) is 0 Å². The van der Waals surface area contributed by atoms with Crippen LogP contribution in [0.25, 0.3) is 10.2 Å². The lowest BCUT2D eigenvalue weighted by molar-refractivity contribution is -0.147. The van der Waals surface area contributed by atoms with E-state index in [0.717, 1.165) is 29.0 Å². The quantitative estimate of drug-likeness (QED) is 0.329. The molecule has 0 saturated heterocycles. The molecule has 0 radical (unpaired) electrons. The summed E-state index contributed by atoms with van der Waals surface area (Å²) in [5.41, 5.74) is -0.171. The van der Waals surface area contributed by atoms with Crippen LogP contribution < -0.4 is 5.56 Å². The van der Waals surface area contributed by atoms with E-state index in [-0.39, 0.29) is 11.5 Å². The van der Waals surface area contributed by atoms with Gasteiger partial charge < -0.3 is 4.74 Å². The molecule has 1 unspecified atom stereocenters. The van der Waals surface area contributed by atoms with Crippen LogP contribution in [0.15, 0.2) is 16.0 Å². The van der Waals surface area contributed by atoms with Crippen LogP contribution in [0.1, 0.15) is 44.5 Å². The summed E-state index contributed by atoms with van der Waals surface area (Å²) in [7, 11) is 0. The second-order valence-corrected chi connectivity index (χ2v) is 7.14. The maximum absolute atomic E-state index is 12.8. The lowest BCUT2D eigenvalue weighted by atomic mass is 10.3. The number of thioether (sulfide) groups is 1. The number of hydrogen-bond acceptors (Lipinski definition) is 6. The van der Waals surface area contributed by atoms with Gasteiger partial charge in [0.1, 0.15) is 10.9 Å². The Balaban J connectivity index is 2.43. The van der Waals surface area contributed by atoms with E-state index >= 15 is 0 Å². The summed E-state index contributed by atoms with van der Waals surface area (Å²) in [6.45, 7) is 6.16. The van der Waals surface area contributed by atoms with Gasteiger partial charge in [0.15, 0.2) is 5.16 Å². The highest BCUT2D eigenvalue weighted by molar-refractivity contribution is 7.98. The van der Waals surface area contributed by atoms with Gasteiger partial charge in [0, 0.05) is 4.88 Å². The highest BCUT2D eigenvalue weighted by atomic mass is 32.2. The number of thiophene rings is 1. The summed E-state index contributed by atoms with van der Waals surface area (Å²) in [5.74, 6) is -0.386. The minimum Gasteiger partial charge on any atom is -0.464 e. The number of carbonyl (C=O) groups excluding carboxylic acids is 1. The van der Waals surface area contributed by atoms with E-state index in [4.69, 9.17) is 4.74 Å². The monoisotopic (exact) mass is 354 g/mol. The topological polar surface area (TPSA) is 61.2 Å². The Morgan fingerprint density at radius 2 is 2.22 bits per heavy atom. The Bertz CT molecular complexity index is 752. The number of nitrogens with zero attached hydrogens (tertiary/aromatic N) is 2. The molecule has 2 aromatic heterocycles. The molecule has 0 bridgehead atoms. The molecule has 0 amide bonds. The van der Waals surface area contributed by atoms with Crippen molar-refractivity contribution < 1.29 is 9.53 Å². The average molecular weight is 354 g/mol. The van der Waals surface area contributed by atoms with Crippen molar-refractivity contribution in [3.8, 4) is 0 Å². The number of fused-ring (bicyclic) bond motifs is 1. The second-order valence-electron chi connectivity index (χ2n) is 5.26. The molecule has 0 aliphatic heterocycles. The van der Waals surface area contributed by atoms with Crippen LogP contribution in [-0.2, 0) is 16.0 Å². The molecule has 5 nitrogen and oxygen atoms in total. The predicted octanol–water partition coefficient (Wildman–Crippen LogP) is 3.65. The van der Waals surface area contributed by atoms with Gasteiger partial charge in [-0.2, -0.15) is 0 Å². The normalized spacial score (nSPS) is 12.5. The Morgan fingerprint density at radius 3 is 2.83 bits per heavy atom. The lowest BCUT2D eigenvalue weighted by Gasteiger charge is -2.17. The summed E-state index contributed by atoms with van der Waals surface area (Å²) in [6, 6.07) is 1.20. The van der Waals surface area contributed by atoms with Crippen molar-refractivity contribution in [3.63, 3.8) is 0 Å². The number of esters is 1. The first-order chi connectivity index (χ1) is 11.0. The molecule has 0 fully saturated rings. The number of aryl methyl sites for hydroxylation is 1. The standard InChI is InChI=1S/C16H22N2O3S2/c1-5-7-8-21-15(20)10(3)18-14(19)12-9-11(6-2)23-13(12)17-16(18)22-4/h9-10H,5-8H2,1-4H3. The van der Waals surface area contributed by atoms with Crippen LogP contribution in [0.2, 0.25) is 0 Å². The molecular formula is C16H22N2O3S2. The first kappa shape index (κ1) is 18.0. The minimum absolute atomic E-state index is 0.171. The zero-order valence-electron chi connectivity index (χ0n) is 13.9. The van der Waals surface area contributed by atoms with E-state index in [1.165, 1.54) is 27.7 Å². The Morgan fingerprint density at radius 1 is 1.48 bits per heavy atom. The predicted molar refractivity (Wildman–Crippen MR) is 95.6 cm³/mol. The van der Waals surface area contributed by atoms with Crippen molar-refractivity contribution in [1.29, 1.82) is 0 Å². The van der Waals surface area contributed by atoms with Gasteiger partial charge in [0.05, 0.1) is 12.0 Å². The van der Waals surface area contributed by atoms with Crippen LogP contribution in [0, 0.1) is 0 Å². The third kappa shape index (κ3) is 3.77. The molecule has 0 spiro atoms. The van der Waals surface area contributed by atoms with Gasteiger partial charge in [-0.1, -0.05) is 32.0 Å². The van der Waals surface area contributed by atoms with Gasteiger partial charge in [-0.25, -0.2) is 9.78 Å². The SMILES string of the molecule is CCCCOC(=O)C(C)n1c(SC)nc2sc(CC)cc2c1=O. The van der Waals surface area contributed by atoms with Gasteiger partial charge in [-0.3, -0.25) is 9.36 Å². The van der Waals surface area contributed by atoms with E-state index in [2.05, 4.69) is 4.98 Å². The number of unbranched alkanes of at least 4 members (excludes halogenated alkanes) is 1. The summed E-state index contributed by atoms with van der Waals surface area (Å²) >= 11 is 2.90. The van der Waals surface area contributed by atoms with E-state index in [9.17, 15) is 9.59 Å². The molecule has 0 aromatic carbocycles. The number of carbonyl (C=O) groups is 1. The van der Waals surface area contributed by atoms with Gasteiger partial charge >= 0.3 is 5.97 Å². The molecule has 23 heavy (non-hydrogen) atoms. The number of aromatic nitrogens is 2.